The maximum Gasteiger partial charge on any atom is 0.105 e. The van der Waals surface area contributed by atoms with Crippen molar-refractivity contribution < 1.29 is 5.11 Å². The molecule has 0 bridgehead atoms. The van der Waals surface area contributed by atoms with Gasteiger partial charge in [-0.2, -0.15) is 0 Å². The third kappa shape index (κ3) is 2.24. The average molecular weight is 285 g/mol. The van der Waals surface area contributed by atoms with Gasteiger partial charge in [0.15, 0.2) is 0 Å². The summed E-state index contributed by atoms with van der Waals surface area (Å²) in [6.07, 6.45) is 10.0. The molecule has 0 radical (unpaired) electrons. The molecule has 2 saturated carbocycles. The Hall–Kier alpha value is -0.860. The quantitative estimate of drug-likeness (QED) is 0.896. The first-order valence-electron chi connectivity index (χ1n) is 8.83. The van der Waals surface area contributed by atoms with E-state index in [1.807, 2.05) is 6.07 Å². The van der Waals surface area contributed by atoms with Crippen molar-refractivity contribution in [2.24, 2.45) is 5.92 Å². The Kier molecular flexibility index (Phi) is 3.55. The van der Waals surface area contributed by atoms with Crippen molar-refractivity contribution in [3.05, 3.63) is 35.9 Å². The van der Waals surface area contributed by atoms with Crippen molar-refractivity contribution in [1.29, 1.82) is 0 Å². The predicted molar refractivity (Wildman–Crippen MR) is 85.0 cm³/mol. The van der Waals surface area contributed by atoms with Crippen LogP contribution in [0.25, 0.3) is 0 Å². The maximum absolute atomic E-state index is 11.5. The highest BCUT2D eigenvalue weighted by atomic mass is 16.3. The first kappa shape index (κ1) is 13.8. The molecule has 3 aliphatic rings. The van der Waals surface area contributed by atoms with Gasteiger partial charge in [-0.3, -0.25) is 4.90 Å². The number of fused-ring (bicyclic) bond motifs is 1. The molecule has 0 unspecified atom stereocenters. The summed E-state index contributed by atoms with van der Waals surface area (Å²) in [5.74, 6) is 0.909. The van der Waals surface area contributed by atoms with Gasteiger partial charge in [0.1, 0.15) is 5.60 Å². The molecule has 0 amide bonds. The molecule has 2 aliphatic carbocycles. The van der Waals surface area contributed by atoms with Crippen LogP contribution in [0.3, 0.4) is 0 Å². The Morgan fingerprint density at radius 2 is 1.81 bits per heavy atom. The fourth-order valence-corrected chi connectivity index (χ4v) is 5.30. The molecule has 4 atom stereocenters. The van der Waals surface area contributed by atoms with Crippen LogP contribution in [0.4, 0.5) is 0 Å². The highest BCUT2D eigenvalue weighted by molar-refractivity contribution is 5.26. The van der Waals surface area contributed by atoms with Crippen LogP contribution in [0.5, 0.6) is 0 Å². The smallest absolute Gasteiger partial charge is 0.105 e. The van der Waals surface area contributed by atoms with E-state index in [0.717, 1.165) is 36.8 Å². The van der Waals surface area contributed by atoms with E-state index in [9.17, 15) is 5.11 Å². The fourth-order valence-electron chi connectivity index (χ4n) is 5.30. The van der Waals surface area contributed by atoms with Crippen LogP contribution < -0.4 is 0 Å². The van der Waals surface area contributed by atoms with Gasteiger partial charge in [-0.25, -0.2) is 0 Å². The van der Waals surface area contributed by atoms with Gasteiger partial charge < -0.3 is 5.11 Å². The summed E-state index contributed by atoms with van der Waals surface area (Å²) >= 11 is 0. The van der Waals surface area contributed by atoms with Crippen molar-refractivity contribution in [1.82, 2.24) is 4.90 Å². The minimum Gasteiger partial charge on any atom is -0.384 e. The lowest BCUT2D eigenvalue weighted by Gasteiger charge is -2.47. The molecule has 1 heterocycles. The largest absolute Gasteiger partial charge is 0.384 e. The molecule has 4 rings (SSSR count). The van der Waals surface area contributed by atoms with E-state index in [1.165, 1.54) is 38.6 Å². The van der Waals surface area contributed by atoms with Crippen LogP contribution in [0.15, 0.2) is 30.3 Å². The molecule has 3 fully saturated rings. The number of nitrogens with zero attached hydrogens (tertiary/aromatic N) is 1. The lowest BCUT2D eigenvalue weighted by Crippen LogP contribution is -2.54. The zero-order valence-corrected chi connectivity index (χ0v) is 12.9. The second-order valence-electron chi connectivity index (χ2n) is 7.34. The number of hydrogen-bond acceptors (Lipinski definition) is 2. The van der Waals surface area contributed by atoms with Crippen molar-refractivity contribution in [3.8, 4) is 0 Å². The van der Waals surface area contributed by atoms with Gasteiger partial charge in [0.2, 0.25) is 0 Å². The Labute approximate surface area is 128 Å². The molecule has 0 aromatic heterocycles. The van der Waals surface area contributed by atoms with Crippen LogP contribution in [-0.2, 0) is 5.60 Å². The second-order valence-corrected chi connectivity index (χ2v) is 7.34. The van der Waals surface area contributed by atoms with Crippen LogP contribution in [-0.4, -0.2) is 28.6 Å². The standard InChI is InChI=1S/C19H27NO/c21-19(16-8-2-1-3-9-16)13-5-4-11-18(19)20-14-12-15-7-6-10-17(15)20/h1-3,8-9,15,17-18,21H,4-7,10-14H2/t15-,17-,18-,19-/m1/s1. The summed E-state index contributed by atoms with van der Waals surface area (Å²) in [5.41, 5.74) is 0.507. The normalized spacial score (nSPS) is 40.3. The first-order chi connectivity index (χ1) is 10.3. The van der Waals surface area contributed by atoms with E-state index < -0.39 is 5.60 Å². The molecule has 114 valence electrons. The number of aliphatic hydroxyl groups is 1. The van der Waals surface area contributed by atoms with Crippen molar-refractivity contribution in [2.75, 3.05) is 6.54 Å². The molecule has 1 aliphatic heterocycles. The van der Waals surface area contributed by atoms with Gasteiger partial charge in [0, 0.05) is 12.1 Å². The summed E-state index contributed by atoms with van der Waals surface area (Å²) in [4.78, 5) is 2.70. The van der Waals surface area contributed by atoms with E-state index in [-0.39, 0.29) is 0 Å². The minimum atomic E-state index is -0.628. The summed E-state index contributed by atoms with van der Waals surface area (Å²) in [5, 5.41) is 11.5. The average Bonchev–Trinajstić information content (AvgIpc) is 3.12. The van der Waals surface area contributed by atoms with E-state index >= 15 is 0 Å². The molecule has 2 heteroatoms. The molecule has 1 aromatic carbocycles. The lowest BCUT2D eigenvalue weighted by molar-refractivity contribution is -0.0845. The van der Waals surface area contributed by atoms with Gasteiger partial charge in [0.25, 0.3) is 0 Å². The van der Waals surface area contributed by atoms with Crippen LogP contribution in [0, 0.1) is 5.92 Å². The highest BCUT2D eigenvalue weighted by Gasteiger charge is 2.49. The predicted octanol–water partition coefficient (Wildman–Crippen LogP) is 3.69. The monoisotopic (exact) mass is 285 g/mol. The Bertz CT molecular complexity index is 488. The highest BCUT2D eigenvalue weighted by Crippen LogP contribution is 2.46. The Morgan fingerprint density at radius 3 is 2.67 bits per heavy atom. The van der Waals surface area contributed by atoms with E-state index in [0.29, 0.717) is 6.04 Å². The van der Waals surface area contributed by atoms with E-state index in [4.69, 9.17) is 0 Å². The molecule has 1 saturated heterocycles. The van der Waals surface area contributed by atoms with Crippen molar-refractivity contribution in [2.45, 2.75) is 69.1 Å². The van der Waals surface area contributed by atoms with Crippen molar-refractivity contribution >= 4 is 0 Å². The van der Waals surface area contributed by atoms with Gasteiger partial charge in [0.05, 0.1) is 0 Å². The molecule has 21 heavy (non-hydrogen) atoms. The maximum atomic E-state index is 11.5. The number of hydrogen-bond donors (Lipinski definition) is 1. The number of rotatable bonds is 2. The fraction of sp³-hybridized carbons (Fsp3) is 0.684. The number of likely N-dealkylation sites (tertiary alicyclic amines) is 1. The summed E-state index contributed by atoms with van der Waals surface area (Å²) in [7, 11) is 0. The molecule has 2 nitrogen and oxygen atoms in total. The minimum absolute atomic E-state index is 0.335. The Morgan fingerprint density at radius 1 is 0.952 bits per heavy atom. The van der Waals surface area contributed by atoms with E-state index in [2.05, 4.69) is 29.2 Å². The molecule has 0 spiro atoms. The summed E-state index contributed by atoms with van der Waals surface area (Å²) < 4.78 is 0. The first-order valence-corrected chi connectivity index (χ1v) is 8.83. The Balaban J connectivity index is 1.65. The zero-order chi connectivity index (χ0) is 14.3. The molecular formula is C19H27NO. The van der Waals surface area contributed by atoms with Gasteiger partial charge >= 0.3 is 0 Å². The molecule has 1 N–H and O–H groups in total. The molecular weight excluding hydrogens is 258 g/mol. The molecule has 1 aromatic rings. The third-order valence-corrected chi connectivity index (χ3v) is 6.31. The van der Waals surface area contributed by atoms with Crippen LogP contribution in [0.2, 0.25) is 0 Å². The lowest BCUT2D eigenvalue weighted by atomic mass is 9.74. The van der Waals surface area contributed by atoms with E-state index in [1.54, 1.807) is 0 Å². The van der Waals surface area contributed by atoms with Gasteiger partial charge in [-0.15, -0.1) is 0 Å². The SMILES string of the molecule is O[C@@]1(c2ccccc2)CCCC[C@H]1N1CC[C@H]2CCC[C@H]21. The third-order valence-electron chi connectivity index (χ3n) is 6.31. The summed E-state index contributed by atoms with van der Waals surface area (Å²) in [6.45, 7) is 1.20. The van der Waals surface area contributed by atoms with Crippen molar-refractivity contribution in [3.63, 3.8) is 0 Å². The van der Waals surface area contributed by atoms with Crippen LogP contribution >= 0.6 is 0 Å². The van der Waals surface area contributed by atoms with Gasteiger partial charge in [-0.1, -0.05) is 49.6 Å². The van der Waals surface area contributed by atoms with Gasteiger partial charge in [-0.05, 0) is 50.1 Å². The zero-order valence-electron chi connectivity index (χ0n) is 12.9. The number of benzene rings is 1. The topological polar surface area (TPSA) is 23.5 Å². The second kappa shape index (κ2) is 5.40. The van der Waals surface area contributed by atoms with Crippen LogP contribution in [0.1, 0.15) is 56.9 Å². The summed E-state index contributed by atoms with van der Waals surface area (Å²) in [6, 6.07) is 11.5.